The number of nitrogens with two attached hydrogens (primary N) is 1. The predicted octanol–water partition coefficient (Wildman–Crippen LogP) is 3.41. The fourth-order valence-electron chi connectivity index (χ4n) is 2.83. The molecule has 98 valence electrons. The molecule has 19 heavy (non-hydrogen) atoms. The van der Waals surface area contributed by atoms with E-state index in [4.69, 9.17) is 5.73 Å². The van der Waals surface area contributed by atoms with Crippen molar-refractivity contribution in [3.63, 3.8) is 0 Å². The van der Waals surface area contributed by atoms with Crippen molar-refractivity contribution in [3.8, 4) is 11.1 Å². The Bertz CT molecular complexity index is 542. The van der Waals surface area contributed by atoms with Gasteiger partial charge >= 0.3 is 0 Å². The normalized spacial score (nSPS) is 14.9. The van der Waals surface area contributed by atoms with Gasteiger partial charge in [0, 0.05) is 25.3 Å². The molecule has 0 unspecified atom stereocenters. The number of anilines is 1. The summed E-state index contributed by atoms with van der Waals surface area (Å²) in [6.07, 6.45) is 2.59. The number of benzene rings is 2. The third-order valence-corrected chi connectivity index (χ3v) is 3.85. The van der Waals surface area contributed by atoms with Gasteiger partial charge in [0.2, 0.25) is 0 Å². The maximum Gasteiger partial charge on any atom is 0.0412 e. The molecule has 0 atom stereocenters. The van der Waals surface area contributed by atoms with E-state index in [1.54, 1.807) is 0 Å². The Morgan fingerprint density at radius 1 is 0.895 bits per heavy atom. The predicted molar refractivity (Wildman–Crippen MR) is 81.2 cm³/mol. The van der Waals surface area contributed by atoms with Crippen molar-refractivity contribution < 1.29 is 0 Å². The van der Waals surface area contributed by atoms with E-state index in [0.717, 1.165) is 13.1 Å². The summed E-state index contributed by atoms with van der Waals surface area (Å²) in [5, 5.41) is 0. The summed E-state index contributed by atoms with van der Waals surface area (Å²) in [4.78, 5) is 2.46. The van der Waals surface area contributed by atoms with Gasteiger partial charge in [-0.2, -0.15) is 0 Å². The monoisotopic (exact) mass is 252 g/mol. The summed E-state index contributed by atoms with van der Waals surface area (Å²) in [5.74, 6) is 0. The van der Waals surface area contributed by atoms with E-state index in [1.165, 1.54) is 35.2 Å². The molecule has 2 N–H and O–H groups in total. The molecule has 0 bridgehead atoms. The topological polar surface area (TPSA) is 29.3 Å². The van der Waals surface area contributed by atoms with Crippen molar-refractivity contribution in [2.75, 3.05) is 18.0 Å². The highest BCUT2D eigenvalue weighted by Crippen LogP contribution is 2.29. The zero-order chi connectivity index (χ0) is 13.1. The molecule has 0 saturated carbocycles. The molecule has 3 rings (SSSR count). The minimum absolute atomic E-state index is 0.604. The summed E-state index contributed by atoms with van der Waals surface area (Å²) < 4.78 is 0. The molecule has 1 saturated heterocycles. The molecule has 0 radical (unpaired) electrons. The van der Waals surface area contributed by atoms with Gasteiger partial charge in [0.05, 0.1) is 0 Å². The second-order valence-corrected chi connectivity index (χ2v) is 5.11. The lowest BCUT2D eigenvalue weighted by Crippen LogP contribution is -2.20. The van der Waals surface area contributed by atoms with Gasteiger partial charge in [0.25, 0.3) is 0 Å². The Morgan fingerprint density at radius 2 is 1.63 bits per heavy atom. The molecule has 1 fully saturated rings. The smallest absolute Gasteiger partial charge is 0.0412 e. The highest BCUT2D eigenvalue weighted by Gasteiger charge is 2.15. The van der Waals surface area contributed by atoms with Gasteiger partial charge in [-0.1, -0.05) is 36.4 Å². The van der Waals surface area contributed by atoms with Crippen LogP contribution in [0.25, 0.3) is 11.1 Å². The lowest BCUT2D eigenvalue weighted by Gasteiger charge is -2.21. The van der Waals surface area contributed by atoms with Gasteiger partial charge in [0.15, 0.2) is 0 Å². The van der Waals surface area contributed by atoms with E-state index in [9.17, 15) is 0 Å². The molecule has 1 aliphatic rings. The van der Waals surface area contributed by atoms with Gasteiger partial charge in [-0.25, -0.2) is 0 Å². The zero-order valence-electron chi connectivity index (χ0n) is 11.2. The maximum atomic E-state index is 5.94. The van der Waals surface area contributed by atoms with Gasteiger partial charge in [-0.3, -0.25) is 0 Å². The van der Waals surface area contributed by atoms with Crippen LogP contribution < -0.4 is 10.6 Å². The standard InChI is InChI=1S/C17H20N2/c18-13-16-12-15(14-6-2-1-3-7-14)8-9-17(16)19-10-4-5-11-19/h1-3,6-9,12H,4-5,10-11,13,18H2. The average Bonchev–Trinajstić information content (AvgIpc) is 3.01. The lowest BCUT2D eigenvalue weighted by molar-refractivity contribution is 0.941. The van der Waals surface area contributed by atoms with Crippen molar-refractivity contribution in [1.82, 2.24) is 0 Å². The third-order valence-electron chi connectivity index (χ3n) is 3.85. The quantitative estimate of drug-likeness (QED) is 0.907. The van der Waals surface area contributed by atoms with E-state index in [0.29, 0.717) is 6.54 Å². The summed E-state index contributed by atoms with van der Waals surface area (Å²) in [6.45, 7) is 2.93. The molecular weight excluding hydrogens is 232 g/mol. The van der Waals surface area contributed by atoms with E-state index in [1.807, 2.05) is 6.07 Å². The van der Waals surface area contributed by atoms with E-state index >= 15 is 0 Å². The maximum absolute atomic E-state index is 5.94. The van der Waals surface area contributed by atoms with Gasteiger partial charge in [-0.05, 0) is 41.7 Å². The third kappa shape index (κ3) is 2.49. The fourth-order valence-corrected chi connectivity index (χ4v) is 2.83. The van der Waals surface area contributed by atoms with Crippen molar-refractivity contribution in [2.45, 2.75) is 19.4 Å². The van der Waals surface area contributed by atoms with Crippen LogP contribution in [0, 0.1) is 0 Å². The van der Waals surface area contributed by atoms with Gasteiger partial charge in [0.1, 0.15) is 0 Å². The Morgan fingerprint density at radius 3 is 2.32 bits per heavy atom. The van der Waals surface area contributed by atoms with Crippen LogP contribution in [-0.2, 0) is 6.54 Å². The van der Waals surface area contributed by atoms with Crippen LogP contribution in [0.15, 0.2) is 48.5 Å². The largest absolute Gasteiger partial charge is 0.371 e. The number of rotatable bonds is 3. The highest BCUT2D eigenvalue weighted by atomic mass is 15.1. The molecule has 1 heterocycles. The molecule has 0 aliphatic carbocycles. The summed E-state index contributed by atoms with van der Waals surface area (Å²) in [7, 11) is 0. The second-order valence-electron chi connectivity index (χ2n) is 5.11. The van der Waals surface area contributed by atoms with Gasteiger partial charge in [-0.15, -0.1) is 0 Å². The average molecular weight is 252 g/mol. The van der Waals surface area contributed by atoms with Crippen LogP contribution in [0.5, 0.6) is 0 Å². The second kappa shape index (κ2) is 5.45. The molecule has 0 amide bonds. The molecule has 2 aromatic rings. The Hall–Kier alpha value is -1.80. The van der Waals surface area contributed by atoms with Gasteiger partial charge < -0.3 is 10.6 Å². The molecule has 1 aliphatic heterocycles. The number of nitrogens with zero attached hydrogens (tertiary/aromatic N) is 1. The first-order valence-corrected chi connectivity index (χ1v) is 7.02. The minimum atomic E-state index is 0.604. The lowest BCUT2D eigenvalue weighted by atomic mass is 10.0. The number of hydrogen-bond donors (Lipinski definition) is 1. The SMILES string of the molecule is NCc1cc(-c2ccccc2)ccc1N1CCCC1. The zero-order valence-corrected chi connectivity index (χ0v) is 11.2. The Kier molecular flexibility index (Phi) is 3.51. The van der Waals surface area contributed by atoms with Crippen LogP contribution in [0.4, 0.5) is 5.69 Å². The first-order valence-electron chi connectivity index (χ1n) is 7.02. The first-order chi connectivity index (χ1) is 9.38. The molecule has 0 spiro atoms. The van der Waals surface area contributed by atoms with E-state index in [2.05, 4.69) is 47.4 Å². The molecule has 2 nitrogen and oxygen atoms in total. The molecule has 2 aromatic carbocycles. The fraction of sp³-hybridized carbons (Fsp3) is 0.294. The van der Waals surface area contributed by atoms with Crippen molar-refractivity contribution in [1.29, 1.82) is 0 Å². The van der Waals surface area contributed by atoms with Crippen LogP contribution in [0.2, 0.25) is 0 Å². The number of hydrogen-bond acceptors (Lipinski definition) is 2. The van der Waals surface area contributed by atoms with Crippen LogP contribution in [0.3, 0.4) is 0 Å². The van der Waals surface area contributed by atoms with Crippen LogP contribution in [0.1, 0.15) is 18.4 Å². The molecule has 2 heteroatoms. The summed E-state index contributed by atoms with van der Waals surface area (Å²) >= 11 is 0. The van der Waals surface area contributed by atoms with Crippen molar-refractivity contribution in [3.05, 3.63) is 54.1 Å². The molecular formula is C17H20N2. The Labute approximate surface area is 114 Å². The summed E-state index contributed by atoms with van der Waals surface area (Å²) in [5.41, 5.74) is 11.0. The van der Waals surface area contributed by atoms with Crippen molar-refractivity contribution in [2.24, 2.45) is 5.73 Å². The first kappa shape index (κ1) is 12.2. The van der Waals surface area contributed by atoms with E-state index in [-0.39, 0.29) is 0 Å². The van der Waals surface area contributed by atoms with Crippen LogP contribution in [-0.4, -0.2) is 13.1 Å². The summed E-state index contributed by atoms with van der Waals surface area (Å²) in [6, 6.07) is 17.2. The molecule has 0 aromatic heterocycles. The highest BCUT2D eigenvalue weighted by molar-refractivity contribution is 5.69. The minimum Gasteiger partial charge on any atom is -0.371 e. The Balaban J connectivity index is 1.97. The van der Waals surface area contributed by atoms with Crippen LogP contribution >= 0.6 is 0 Å². The van der Waals surface area contributed by atoms with E-state index < -0.39 is 0 Å². The van der Waals surface area contributed by atoms with Crippen molar-refractivity contribution >= 4 is 5.69 Å².